The van der Waals surface area contributed by atoms with Gasteiger partial charge >= 0.3 is 12.0 Å². The number of carbonyl (C=O) groups excluding carboxylic acids is 12. The Bertz CT molecular complexity index is 3810. The van der Waals surface area contributed by atoms with Crippen LogP contribution in [-0.2, 0) is 59.2 Å². The van der Waals surface area contributed by atoms with Gasteiger partial charge in [-0.1, -0.05) is 74.1 Å². The van der Waals surface area contributed by atoms with Gasteiger partial charge in [0.1, 0.15) is 48.3 Å². The number of carboxylic acid groups (broad SMARTS) is 1. The number of aromatic nitrogens is 3. The smallest absolute Gasteiger partial charge is 0.345 e. The third-order valence-corrected chi connectivity index (χ3v) is 17.4. The molecule has 554 valence electrons. The van der Waals surface area contributed by atoms with Gasteiger partial charge in [-0.3, -0.25) is 62.5 Å². The van der Waals surface area contributed by atoms with Gasteiger partial charge in [0.2, 0.25) is 59.6 Å². The standard InChI is InChI=1S/C69H92N18O15S/c1-40(2)36-53-66(99)81-49(23-28-70)62(95)80-51(25-30-72)65(98)84-59(41(3)89)68(101)75-32-26-52(64(97)79-50(24-29-71)63(96)83-54(67(100)82-53)37-42-12-6-5-7-13-42)78-57(90)27-34-86(35-33-76-61(94)48(77-39-88)21-22-58(91)92)69(102)87-55-38-44(103-56-16-9-8-15-46(56)60(93)73-4)18-19-45(55)47(85-87)20-17-43-14-10-11-31-74-43/h5-20,31,38-41,48-54,59,89H,21-30,32-37,70-72H2,1-4H3,(H,73,93)(H,75,101)(H,76,94)(H,77,88)(H,78,90)(H,79,97)(H,80,95)(H,81,99)(H,82,100)(H,83,96)(H,84,98)(H,91,92)/b20-17+/t41-,48+,49+,50+,51+,52+,53+,54-,59+/m1/s1. The van der Waals surface area contributed by atoms with Crippen molar-refractivity contribution in [1.82, 2.24) is 78.1 Å². The molecule has 33 nitrogen and oxygen atoms in total. The average Bonchev–Trinajstić information content (AvgIpc) is 1.63. The van der Waals surface area contributed by atoms with E-state index in [9.17, 15) is 67.7 Å². The molecular formula is C69H92N18O15S. The van der Waals surface area contributed by atoms with Crippen LogP contribution in [0.15, 0.2) is 107 Å². The van der Waals surface area contributed by atoms with Crippen LogP contribution in [0, 0.1) is 5.92 Å². The van der Waals surface area contributed by atoms with Crippen LogP contribution in [0.3, 0.4) is 0 Å². The number of amides is 12. The maximum atomic E-state index is 15.3. The van der Waals surface area contributed by atoms with E-state index in [2.05, 4.69) is 63.5 Å². The largest absolute Gasteiger partial charge is 0.481 e. The van der Waals surface area contributed by atoms with E-state index in [1.165, 1.54) is 25.7 Å². The van der Waals surface area contributed by atoms with Crippen molar-refractivity contribution in [2.45, 2.75) is 143 Å². The van der Waals surface area contributed by atoms with Crippen molar-refractivity contribution in [1.29, 1.82) is 0 Å². The molecule has 1 aliphatic rings. The highest BCUT2D eigenvalue weighted by Gasteiger charge is 2.36. The zero-order chi connectivity index (χ0) is 75.1. The molecule has 0 radical (unpaired) electrons. The molecule has 1 aliphatic heterocycles. The van der Waals surface area contributed by atoms with Crippen LogP contribution in [-0.4, -0.2) is 215 Å². The second kappa shape index (κ2) is 41.3. The fourth-order valence-corrected chi connectivity index (χ4v) is 11.9. The molecule has 1 fully saturated rings. The third kappa shape index (κ3) is 25.1. The summed E-state index contributed by atoms with van der Waals surface area (Å²) in [6.07, 6.45) is 1.00. The zero-order valence-corrected chi connectivity index (χ0v) is 58.5. The first kappa shape index (κ1) is 81.3. The van der Waals surface area contributed by atoms with Crippen molar-refractivity contribution in [3.8, 4) is 0 Å². The molecule has 0 unspecified atom stereocenters. The molecule has 2 aromatic heterocycles. The van der Waals surface area contributed by atoms with Gasteiger partial charge in [0.25, 0.3) is 5.91 Å². The highest BCUT2D eigenvalue weighted by Crippen LogP contribution is 2.34. The molecule has 6 rings (SSSR count). The number of benzene rings is 3. The molecule has 9 atom stereocenters. The Hall–Kier alpha value is -10.7. The summed E-state index contributed by atoms with van der Waals surface area (Å²) in [5.41, 5.74) is 19.9. The minimum atomic E-state index is -1.71. The highest BCUT2D eigenvalue weighted by atomic mass is 32.2. The maximum absolute atomic E-state index is 15.3. The zero-order valence-electron chi connectivity index (χ0n) is 57.7. The lowest BCUT2D eigenvalue weighted by atomic mass is 10.00. The Morgan fingerprint density at radius 2 is 1.31 bits per heavy atom. The number of nitrogens with zero attached hydrogens (tertiary/aromatic N) is 4. The van der Waals surface area contributed by atoms with Crippen LogP contribution in [0.25, 0.3) is 23.1 Å². The van der Waals surface area contributed by atoms with Gasteiger partial charge in [0.05, 0.1) is 28.6 Å². The SMILES string of the molecule is CNC(=O)c1ccccc1Sc1ccc2c(/C=C/c3ccccn3)nn(C(=O)N(CCNC(=O)[C@H](CCC(=O)O)NC=O)CCC(=O)N[C@H]3CCNC(=O)[C@H]([C@@H](C)O)NC(=O)[C@H](CCN)NC(=O)[C@H](CCN)NC(=O)[C@H](CC(C)C)NC(=O)[C@@H](Cc4ccccc4)NC(=O)[C@H](CCN)NC3=O)c2c1. The molecule has 0 bridgehead atoms. The van der Waals surface area contributed by atoms with Gasteiger partial charge in [-0.25, -0.2) is 4.79 Å². The van der Waals surface area contributed by atoms with Crippen molar-refractivity contribution < 1.29 is 72.5 Å². The summed E-state index contributed by atoms with van der Waals surface area (Å²) < 4.78 is 1.08. The quantitative estimate of drug-likeness (QED) is 0.0242. The monoisotopic (exact) mass is 1440 g/mol. The van der Waals surface area contributed by atoms with E-state index in [1.807, 2.05) is 0 Å². The summed E-state index contributed by atoms with van der Waals surface area (Å²) in [5.74, 6) is -9.95. The Balaban J connectivity index is 1.39. The van der Waals surface area contributed by atoms with Gasteiger partial charge < -0.3 is 90.8 Å². The van der Waals surface area contributed by atoms with Crippen LogP contribution < -0.4 is 75.7 Å². The number of nitrogens with two attached hydrogens (primary N) is 3. The predicted molar refractivity (Wildman–Crippen MR) is 380 cm³/mol. The summed E-state index contributed by atoms with van der Waals surface area (Å²) in [7, 11) is 1.50. The topological polar surface area (TPSA) is 507 Å². The second-order valence-electron chi connectivity index (χ2n) is 24.6. The van der Waals surface area contributed by atoms with Crippen molar-refractivity contribution >= 4 is 112 Å². The average molecular weight is 1450 g/mol. The number of nitrogens with one attached hydrogen (secondary N) is 11. The van der Waals surface area contributed by atoms with E-state index in [-0.39, 0.29) is 95.0 Å². The van der Waals surface area contributed by atoms with Crippen LogP contribution in [0.4, 0.5) is 4.79 Å². The molecule has 0 aliphatic carbocycles. The first-order valence-electron chi connectivity index (χ1n) is 33.7. The Morgan fingerprint density at radius 1 is 0.709 bits per heavy atom. The fourth-order valence-electron chi connectivity index (χ4n) is 10.9. The van der Waals surface area contributed by atoms with Crippen LogP contribution in [0.2, 0.25) is 0 Å². The van der Waals surface area contributed by atoms with E-state index in [0.717, 1.165) is 9.58 Å². The number of pyridine rings is 1. The summed E-state index contributed by atoms with van der Waals surface area (Å²) in [6.45, 7) is 2.60. The first-order chi connectivity index (χ1) is 49.4. The summed E-state index contributed by atoms with van der Waals surface area (Å²) in [4.78, 5) is 187. The van der Waals surface area contributed by atoms with E-state index >= 15 is 4.79 Å². The lowest BCUT2D eigenvalue weighted by molar-refractivity contribution is -0.137. The lowest BCUT2D eigenvalue weighted by Crippen LogP contribution is -2.61. The molecule has 3 aromatic carbocycles. The summed E-state index contributed by atoms with van der Waals surface area (Å²) in [6, 6.07) is 13.2. The second-order valence-corrected chi connectivity index (χ2v) is 25.7. The van der Waals surface area contributed by atoms with Gasteiger partial charge in [0.15, 0.2) is 0 Å². The Morgan fingerprint density at radius 3 is 1.92 bits per heavy atom. The number of aliphatic hydroxyl groups excluding tert-OH is 1. The van der Waals surface area contributed by atoms with Crippen molar-refractivity contribution in [3.05, 3.63) is 120 Å². The molecule has 34 heteroatoms. The van der Waals surface area contributed by atoms with E-state index < -0.39 is 152 Å². The number of carbonyl (C=O) groups is 13. The minimum absolute atomic E-state index is 0.0277. The highest BCUT2D eigenvalue weighted by molar-refractivity contribution is 7.99. The molecular weight excluding hydrogens is 1350 g/mol. The Labute approximate surface area is 598 Å². The van der Waals surface area contributed by atoms with Crippen molar-refractivity contribution in [2.24, 2.45) is 23.1 Å². The fraction of sp³-hybridized carbons (Fsp3) is 0.435. The van der Waals surface area contributed by atoms with E-state index in [1.54, 1.807) is 123 Å². The third-order valence-electron chi connectivity index (χ3n) is 16.3. The number of aliphatic carboxylic acids is 1. The molecule has 103 heavy (non-hydrogen) atoms. The molecule has 3 heterocycles. The van der Waals surface area contributed by atoms with E-state index in [4.69, 9.17) is 22.3 Å². The molecule has 12 amide bonds. The number of hydrogen-bond donors (Lipinski definition) is 16. The summed E-state index contributed by atoms with van der Waals surface area (Å²) in [5, 5.41) is 53.9. The number of hydrogen-bond acceptors (Lipinski definition) is 20. The molecule has 5 aromatic rings. The number of fused-ring (bicyclic) bond motifs is 1. The van der Waals surface area contributed by atoms with Crippen molar-refractivity contribution in [2.75, 3.05) is 52.9 Å². The molecule has 0 saturated carbocycles. The Kier molecular flexibility index (Phi) is 32.6. The molecule has 1 saturated heterocycles. The lowest BCUT2D eigenvalue weighted by Gasteiger charge is -2.28. The van der Waals surface area contributed by atoms with Gasteiger partial charge in [-0.05, 0) is 131 Å². The normalized spacial score (nSPS) is 19.6. The van der Waals surface area contributed by atoms with E-state index in [0.29, 0.717) is 37.7 Å². The minimum Gasteiger partial charge on any atom is -0.481 e. The number of carboxylic acids is 1. The predicted octanol–water partition coefficient (Wildman–Crippen LogP) is -1.50. The van der Waals surface area contributed by atoms with Crippen LogP contribution >= 0.6 is 11.8 Å². The van der Waals surface area contributed by atoms with Gasteiger partial charge in [0, 0.05) is 73.9 Å². The summed E-state index contributed by atoms with van der Waals surface area (Å²) >= 11 is 1.22. The maximum Gasteiger partial charge on any atom is 0.345 e. The van der Waals surface area contributed by atoms with Crippen molar-refractivity contribution in [3.63, 3.8) is 0 Å². The molecule has 0 spiro atoms. The molecule has 19 N–H and O–H groups in total. The van der Waals surface area contributed by atoms with Gasteiger partial charge in [-0.15, -0.1) is 0 Å². The number of rotatable bonds is 29. The first-order valence-corrected chi connectivity index (χ1v) is 34.5. The van der Waals surface area contributed by atoms with Gasteiger partial charge in [-0.2, -0.15) is 9.78 Å². The van der Waals surface area contributed by atoms with Crippen LogP contribution in [0.1, 0.15) is 99.4 Å². The van der Waals surface area contributed by atoms with Crippen LogP contribution in [0.5, 0.6) is 0 Å². The number of aliphatic hydroxyl groups is 1.